The van der Waals surface area contributed by atoms with Crippen molar-refractivity contribution < 1.29 is 19.7 Å². The van der Waals surface area contributed by atoms with E-state index in [-0.39, 0.29) is 6.61 Å². The molecule has 0 amide bonds. The molecule has 2 N–H and O–H groups in total. The summed E-state index contributed by atoms with van der Waals surface area (Å²) in [7, 11) is 0. The van der Waals surface area contributed by atoms with Crippen LogP contribution < -0.4 is 0 Å². The highest BCUT2D eigenvalue weighted by molar-refractivity contribution is 5.25. The van der Waals surface area contributed by atoms with Crippen molar-refractivity contribution >= 4 is 0 Å². The monoisotopic (exact) mass is 518 g/mol. The van der Waals surface area contributed by atoms with Crippen LogP contribution in [0.1, 0.15) is 105 Å². The summed E-state index contributed by atoms with van der Waals surface area (Å²) in [5.74, 6) is 5.54. The zero-order valence-corrected chi connectivity index (χ0v) is 24.7. The predicted octanol–water partition coefficient (Wildman–Crippen LogP) is 7.03. The van der Waals surface area contributed by atoms with Gasteiger partial charge in [-0.15, -0.1) is 0 Å². The van der Waals surface area contributed by atoms with Crippen LogP contribution in [0.4, 0.5) is 0 Å². The molecule has 0 radical (unpaired) electrons. The smallest absolute Gasteiger partial charge is 0.0804 e. The first-order valence-electron chi connectivity index (χ1n) is 15.8. The second-order valence-corrected chi connectivity index (χ2v) is 14.3. The van der Waals surface area contributed by atoms with E-state index in [4.69, 9.17) is 14.6 Å². The van der Waals surface area contributed by atoms with Gasteiger partial charge in [-0.2, -0.15) is 0 Å². The van der Waals surface area contributed by atoms with Gasteiger partial charge >= 0.3 is 0 Å². The topological polar surface area (TPSA) is 58.9 Å². The standard InChI is InChI=1S/C33H58O4/c1-23(2)7-6-8-24(3)28-11-12-29-27-10-9-26-21-25(31(35)22-37-20-19-36-18-17-34)13-15-32(26,4)30(27)14-16-33(28,29)5/h9,23-25,27-31,34-35H,6-8,10-22H2,1-5H3/t24-,25?,27?,28-,29?,30?,31?,32+,33-/m1/s1. The van der Waals surface area contributed by atoms with E-state index in [1.165, 1.54) is 57.8 Å². The predicted molar refractivity (Wildman–Crippen MR) is 151 cm³/mol. The Kier molecular flexibility index (Phi) is 10.3. The molecule has 5 unspecified atom stereocenters. The van der Waals surface area contributed by atoms with E-state index in [0.717, 1.165) is 48.3 Å². The Morgan fingerprint density at radius 2 is 1.73 bits per heavy atom. The van der Waals surface area contributed by atoms with Crippen LogP contribution in [0.5, 0.6) is 0 Å². The average molecular weight is 519 g/mol. The normalized spacial score (nSPS) is 39.0. The quantitative estimate of drug-likeness (QED) is 0.203. The van der Waals surface area contributed by atoms with E-state index in [0.29, 0.717) is 43.2 Å². The number of fused-ring (bicyclic) bond motifs is 5. The zero-order chi connectivity index (χ0) is 26.6. The Morgan fingerprint density at radius 3 is 2.49 bits per heavy atom. The molecule has 0 aromatic heterocycles. The van der Waals surface area contributed by atoms with Crippen molar-refractivity contribution in [3.63, 3.8) is 0 Å². The van der Waals surface area contributed by atoms with Gasteiger partial charge < -0.3 is 19.7 Å². The number of hydrogen-bond acceptors (Lipinski definition) is 4. The van der Waals surface area contributed by atoms with Gasteiger partial charge in [0, 0.05) is 0 Å². The molecule has 4 nitrogen and oxygen atoms in total. The number of allylic oxidation sites excluding steroid dienone is 2. The lowest BCUT2D eigenvalue weighted by Gasteiger charge is -2.59. The molecular weight excluding hydrogens is 460 g/mol. The van der Waals surface area contributed by atoms with Crippen LogP contribution in [0.25, 0.3) is 0 Å². The van der Waals surface area contributed by atoms with Gasteiger partial charge in [-0.1, -0.05) is 65.5 Å². The van der Waals surface area contributed by atoms with E-state index in [9.17, 15) is 5.11 Å². The van der Waals surface area contributed by atoms with Gasteiger partial charge in [0.05, 0.1) is 39.1 Å². The molecule has 0 bridgehead atoms. The molecule has 4 aliphatic rings. The second kappa shape index (κ2) is 12.8. The first-order valence-corrected chi connectivity index (χ1v) is 15.8. The minimum absolute atomic E-state index is 0.0402. The summed E-state index contributed by atoms with van der Waals surface area (Å²) in [6.07, 6.45) is 16.8. The molecule has 3 saturated carbocycles. The van der Waals surface area contributed by atoms with Gasteiger partial charge in [0.25, 0.3) is 0 Å². The summed E-state index contributed by atoms with van der Waals surface area (Å²) < 4.78 is 11.0. The summed E-state index contributed by atoms with van der Waals surface area (Å²) in [4.78, 5) is 0. The maximum absolute atomic E-state index is 10.9. The molecule has 3 fully saturated rings. The molecule has 214 valence electrons. The van der Waals surface area contributed by atoms with E-state index >= 15 is 0 Å². The lowest BCUT2D eigenvalue weighted by Crippen LogP contribution is -2.51. The molecule has 0 saturated heterocycles. The third-order valence-corrected chi connectivity index (χ3v) is 11.8. The maximum Gasteiger partial charge on any atom is 0.0804 e. The molecule has 0 spiro atoms. The van der Waals surface area contributed by atoms with Crippen molar-refractivity contribution in [1.82, 2.24) is 0 Å². The fraction of sp³-hybridized carbons (Fsp3) is 0.939. The minimum atomic E-state index is -0.400. The number of ether oxygens (including phenoxy) is 2. The lowest BCUT2D eigenvalue weighted by atomic mass is 9.46. The van der Waals surface area contributed by atoms with Crippen LogP contribution in [0.3, 0.4) is 0 Å². The third kappa shape index (κ3) is 6.34. The average Bonchev–Trinajstić information content (AvgIpc) is 3.22. The van der Waals surface area contributed by atoms with E-state index in [2.05, 4.69) is 40.7 Å². The molecule has 0 aromatic carbocycles. The van der Waals surface area contributed by atoms with E-state index in [1.807, 2.05) is 0 Å². The summed E-state index contributed by atoms with van der Waals surface area (Å²) >= 11 is 0. The highest BCUT2D eigenvalue weighted by Crippen LogP contribution is 2.67. The summed E-state index contributed by atoms with van der Waals surface area (Å²) in [5.41, 5.74) is 2.53. The van der Waals surface area contributed by atoms with Crippen molar-refractivity contribution in [1.29, 1.82) is 0 Å². The SMILES string of the molecule is CC(C)CCC[C@@H](C)[C@H]1CCC2C3CC=C4CC(C(O)COCCOCCO)CC[C@]4(C)C3CC[C@@]21C. The van der Waals surface area contributed by atoms with Gasteiger partial charge in [0.1, 0.15) is 0 Å². The Morgan fingerprint density at radius 1 is 0.946 bits per heavy atom. The number of aliphatic hydroxyl groups excluding tert-OH is 2. The molecule has 4 aliphatic carbocycles. The highest BCUT2D eigenvalue weighted by atomic mass is 16.5. The summed E-state index contributed by atoms with van der Waals surface area (Å²) in [6, 6.07) is 0. The summed E-state index contributed by atoms with van der Waals surface area (Å²) in [5, 5.41) is 19.7. The first-order chi connectivity index (χ1) is 17.7. The largest absolute Gasteiger partial charge is 0.394 e. The molecule has 0 aromatic rings. The molecule has 4 rings (SSSR count). The van der Waals surface area contributed by atoms with Gasteiger partial charge in [-0.05, 0) is 104 Å². The number of hydrogen-bond donors (Lipinski definition) is 2. The zero-order valence-electron chi connectivity index (χ0n) is 24.7. The fourth-order valence-corrected chi connectivity index (χ4v) is 9.67. The van der Waals surface area contributed by atoms with Crippen molar-refractivity contribution in [2.75, 3.05) is 33.0 Å². The van der Waals surface area contributed by atoms with Crippen molar-refractivity contribution in [2.45, 2.75) is 111 Å². The molecule has 0 aliphatic heterocycles. The van der Waals surface area contributed by atoms with Gasteiger partial charge in [0.2, 0.25) is 0 Å². The van der Waals surface area contributed by atoms with Gasteiger partial charge in [-0.3, -0.25) is 0 Å². The van der Waals surface area contributed by atoms with Crippen LogP contribution in [-0.4, -0.2) is 49.4 Å². The first kappa shape index (κ1) is 29.6. The van der Waals surface area contributed by atoms with Crippen LogP contribution in [0, 0.1) is 52.3 Å². The molecule has 4 heteroatoms. The fourth-order valence-electron chi connectivity index (χ4n) is 9.67. The summed E-state index contributed by atoms with van der Waals surface area (Å²) in [6.45, 7) is 14.3. The maximum atomic E-state index is 10.9. The second-order valence-electron chi connectivity index (χ2n) is 14.3. The Balaban J connectivity index is 1.34. The lowest BCUT2D eigenvalue weighted by molar-refractivity contribution is -0.0640. The third-order valence-electron chi connectivity index (χ3n) is 11.8. The Labute approximate surface area is 228 Å². The number of rotatable bonds is 13. The van der Waals surface area contributed by atoms with E-state index in [1.54, 1.807) is 5.57 Å². The van der Waals surface area contributed by atoms with Gasteiger partial charge in [0.15, 0.2) is 0 Å². The van der Waals surface area contributed by atoms with Crippen molar-refractivity contribution in [3.05, 3.63) is 11.6 Å². The van der Waals surface area contributed by atoms with Crippen LogP contribution >= 0.6 is 0 Å². The molecule has 37 heavy (non-hydrogen) atoms. The minimum Gasteiger partial charge on any atom is -0.394 e. The van der Waals surface area contributed by atoms with Crippen LogP contribution in [0.15, 0.2) is 11.6 Å². The van der Waals surface area contributed by atoms with E-state index < -0.39 is 6.10 Å². The molecule has 0 heterocycles. The van der Waals surface area contributed by atoms with Crippen molar-refractivity contribution in [2.24, 2.45) is 52.3 Å². The molecule has 9 atom stereocenters. The van der Waals surface area contributed by atoms with Crippen molar-refractivity contribution in [3.8, 4) is 0 Å². The molecular formula is C33H58O4. The van der Waals surface area contributed by atoms with Gasteiger partial charge in [-0.25, -0.2) is 0 Å². The van der Waals surface area contributed by atoms with Crippen LogP contribution in [-0.2, 0) is 9.47 Å². The number of aliphatic hydroxyl groups is 2. The van der Waals surface area contributed by atoms with Crippen LogP contribution in [0.2, 0.25) is 0 Å². The Bertz CT molecular complexity index is 749. The highest BCUT2D eigenvalue weighted by Gasteiger charge is 2.59. The Hall–Kier alpha value is -0.420.